The lowest BCUT2D eigenvalue weighted by Crippen LogP contribution is -2.13. The third kappa shape index (κ3) is 3.00. The SMILES string of the molecule is Nc1cc(=O)[nH]c(Sc2c(-c3ccccc3)c3ccccc3[nH]c2=O)n1. The van der Waals surface area contributed by atoms with Gasteiger partial charge >= 0.3 is 0 Å². The van der Waals surface area contributed by atoms with Gasteiger partial charge < -0.3 is 15.7 Å². The third-order valence-electron chi connectivity index (χ3n) is 3.88. The van der Waals surface area contributed by atoms with Crippen LogP contribution in [-0.4, -0.2) is 15.0 Å². The lowest BCUT2D eigenvalue weighted by molar-refractivity contribution is 0.944. The number of nitrogens with one attached hydrogen (secondary N) is 2. The first-order valence-electron chi connectivity index (χ1n) is 7.87. The fourth-order valence-electron chi connectivity index (χ4n) is 2.81. The Hall–Kier alpha value is -3.32. The quantitative estimate of drug-likeness (QED) is 0.486. The molecule has 4 rings (SSSR count). The molecule has 6 nitrogen and oxygen atoms in total. The topological polar surface area (TPSA) is 105 Å². The zero-order chi connectivity index (χ0) is 18.1. The van der Waals surface area contributed by atoms with Crippen molar-refractivity contribution in [3.05, 3.63) is 81.4 Å². The number of pyridine rings is 1. The van der Waals surface area contributed by atoms with Crippen molar-refractivity contribution in [2.24, 2.45) is 0 Å². The number of nitrogens with zero attached hydrogens (tertiary/aromatic N) is 1. The molecule has 26 heavy (non-hydrogen) atoms. The van der Waals surface area contributed by atoms with Crippen LogP contribution in [-0.2, 0) is 0 Å². The fraction of sp³-hybridized carbons (Fsp3) is 0. The van der Waals surface area contributed by atoms with Crippen LogP contribution in [0.25, 0.3) is 22.0 Å². The fourth-order valence-corrected chi connectivity index (χ4v) is 3.78. The van der Waals surface area contributed by atoms with Crippen molar-refractivity contribution in [2.75, 3.05) is 5.73 Å². The average Bonchev–Trinajstić information content (AvgIpc) is 2.62. The summed E-state index contributed by atoms with van der Waals surface area (Å²) < 4.78 is 0. The van der Waals surface area contributed by atoms with Crippen molar-refractivity contribution in [2.45, 2.75) is 10.1 Å². The van der Waals surface area contributed by atoms with E-state index < -0.39 is 0 Å². The number of rotatable bonds is 3. The molecular formula is C19H14N4O2S. The highest BCUT2D eigenvalue weighted by molar-refractivity contribution is 7.99. The minimum absolute atomic E-state index is 0.106. The Morgan fingerprint density at radius 2 is 1.65 bits per heavy atom. The first-order chi connectivity index (χ1) is 12.6. The number of anilines is 1. The van der Waals surface area contributed by atoms with Gasteiger partial charge in [-0.3, -0.25) is 9.59 Å². The predicted octanol–water partition coefficient (Wildman–Crippen LogP) is 3.01. The molecule has 0 spiro atoms. The van der Waals surface area contributed by atoms with E-state index in [1.165, 1.54) is 6.07 Å². The molecule has 2 aromatic carbocycles. The maximum atomic E-state index is 12.8. The Labute approximate surface area is 152 Å². The molecule has 2 heterocycles. The number of H-pyrrole nitrogens is 2. The van der Waals surface area contributed by atoms with Gasteiger partial charge in [-0.1, -0.05) is 48.5 Å². The second-order valence-corrected chi connectivity index (χ2v) is 6.65. The molecule has 0 saturated heterocycles. The molecule has 2 aromatic heterocycles. The molecule has 0 amide bonds. The maximum absolute atomic E-state index is 12.8. The van der Waals surface area contributed by atoms with Crippen molar-refractivity contribution < 1.29 is 0 Å². The average molecular weight is 362 g/mol. The first kappa shape index (κ1) is 16.2. The normalized spacial score (nSPS) is 10.9. The highest BCUT2D eigenvalue weighted by Crippen LogP contribution is 2.36. The summed E-state index contributed by atoms with van der Waals surface area (Å²) in [5, 5.41) is 1.18. The van der Waals surface area contributed by atoms with Gasteiger partial charge in [0.2, 0.25) is 0 Å². The van der Waals surface area contributed by atoms with E-state index in [4.69, 9.17) is 5.73 Å². The molecule has 4 aromatic rings. The van der Waals surface area contributed by atoms with E-state index in [0.717, 1.165) is 33.8 Å². The highest BCUT2D eigenvalue weighted by Gasteiger charge is 2.16. The molecular weight excluding hydrogens is 348 g/mol. The van der Waals surface area contributed by atoms with Gasteiger partial charge in [0, 0.05) is 22.5 Å². The molecule has 0 radical (unpaired) electrons. The summed E-state index contributed by atoms with van der Waals surface area (Å²) in [5.41, 5.74) is 7.49. The van der Waals surface area contributed by atoms with Gasteiger partial charge in [-0.25, -0.2) is 4.98 Å². The number of hydrogen-bond donors (Lipinski definition) is 3. The molecule has 128 valence electrons. The molecule has 0 unspecified atom stereocenters. The predicted molar refractivity (Wildman–Crippen MR) is 103 cm³/mol. The highest BCUT2D eigenvalue weighted by atomic mass is 32.2. The summed E-state index contributed by atoms with van der Waals surface area (Å²) in [5.74, 6) is 0.106. The molecule has 0 aliphatic carbocycles. The summed E-state index contributed by atoms with van der Waals surface area (Å²) >= 11 is 1.09. The van der Waals surface area contributed by atoms with Gasteiger partial charge in [0.25, 0.3) is 11.1 Å². The summed E-state index contributed by atoms with van der Waals surface area (Å²) in [6, 6.07) is 18.4. The number of para-hydroxylation sites is 1. The van der Waals surface area contributed by atoms with Crippen molar-refractivity contribution in [1.82, 2.24) is 15.0 Å². The second kappa shape index (κ2) is 6.53. The van der Waals surface area contributed by atoms with E-state index in [1.54, 1.807) is 0 Å². The number of nitrogens with two attached hydrogens (primary N) is 1. The minimum Gasteiger partial charge on any atom is -0.383 e. The zero-order valence-corrected chi connectivity index (χ0v) is 14.3. The number of nitrogen functional groups attached to an aromatic ring is 1. The van der Waals surface area contributed by atoms with E-state index >= 15 is 0 Å². The molecule has 0 fully saturated rings. The lowest BCUT2D eigenvalue weighted by atomic mass is 10.0. The Kier molecular flexibility index (Phi) is 4.06. The number of benzene rings is 2. The van der Waals surface area contributed by atoms with Gasteiger partial charge in [-0.15, -0.1) is 0 Å². The number of aromatic nitrogens is 3. The zero-order valence-electron chi connectivity index (χ0n) is 13.5. The Morgan fingerprint density at radius 1 is 0.923 bits per heavy atom. The Morgan fingerprint density at radius 3 is 2.42 bits per heavy atom. The van der Waals surface area contributed by atoms with Crippen molar-refractivity contribution in [3.63, 3.8) is 0 Å². The van der Waals surface area contributed by atoms with Gasteiger partial charge in [-0.2, -0.15) is 0 Å². The van der Waals surface area contributed by atoms with Crippen LogP contribution < -0.4 is 16.9 Å². The van der Waals surface area contributed by atoms with Crippen LogP contribution in [0.15, 0.2) is 80.3 Å². The van der Waals surface area contributed by atoms with E-state index in [0.29, 0.717) is 4.90 Å². The van der Waals surface area contributed by atoms with Crippen LogP contribution in [0.1, 0.15) is 0 Å². The third-order valence-corrected chi connectivity index (χ3v) is 4.86. The molecule has 0 aliphatic rings. The number of fused-ring (bicyclic) bond motifs is 1. The summed E-state index contributed by atoms with van der Waals surface area (Å²) in [4.78, 5) is 34.5. The molecule has 0 saturated carbocycles. The summed E-state index contributed by atoms with van der Waals surface area (Å²) in [6.45, 7) is 0. The molecule has 0 aliphatic heterocycles. The Balaban J connectivity index is 2.00. The van der Waals surface area contributed by atoms with Crippen LogP contribution in [0.3, 0.4) is 0 Å². The van der Waals surface area contributed by atoms with Crippen LogP contribution in [0, 0.1) is 0 Å². The number of aromatic amines is 2. The molecule has 0 atom stereocenters. The van der Waals surface area contributed by atoms with Gasteiger partial charge in [0.15, 0.2) is 5.16 Å². The van der Waals surface area contributed by atoms with E-state index in [9.17, 15) is 9.59 Å². The van der Waals surface area contributed by atoms with Crippen molar-refractivity contribution in [3.8, 4) is 11.1 Å². The maximum Gasteiger partial charge on any atom is 0.263 e. The van der Waals surface area contributed by atoms with Crippen molar-refractivity contribution in [1.29, 1.82) is 0 Å². The van der Waals surface area contributed by atoms with Crippen LogP contribution in [0.2, 0.25) is 0 Å². The molecule has 0 bridgehead atoms. The summed E-state index contributed by atoms with van der Waals surface area (Å²) in [7, 11) is 0. The smallest absolute Gasteiger partial charge is 0.263 e. The van der Waals surface area contributed by atoms with Crippen LogP contribution in [0.5, 0.6) is 0 Å². The largest absolute Gasteiger partial charge is 0.383 e. The second-order valence-electron chi connectivity index (χ2n) is 5.65. The van der Waals surface area contributed by atoms with E-state index in [1.807, 2.05) is 54.6 Å². The van der Waals surface area contributed by atoms with Crippen molar-refractivity contribution >= 4 is 28.5 Å². The molecule has 7 heteroatoms. The first-order valence-corrected chi connectivity index (χ1v) is 8.68. The standard InChI is InChI=1S/C19H14N4O2S/c20-14-10-15(24)23-19(22-14)26-17-16(11-6-2-1-3-7-11)12-8-4-5-9-13(12)21-18(17)25/h1-10H,(H,21,25)(H3,20,22,23,24). The van der Waals surface area contributed by atoms with Crippen LogP contribution in [0.4, 0.5) is 5.82 Å². The lowest BCUT2D eigenvalue weighted by Gasteiger charge is -2.12. The number of hydrogen-bond acceptors (Lipinski definition) is 5. The van der Waals surface area contributed by atoms with Gasteiger partial charge in [-0.05, 0) is 23.4 Å². The van der Waals surface area contributed by atoms with E-state index in [2.05, 4.69) is 15.0 Å². The Bertz CT molecular complexity index is 1220. The van der Waals surface area contributed by atoms with Gasteiger partial charge in [0.05, 0.1) is 4.90 Å². The minimum atomic E-state index is -0.363. The van der Waals surface area contributed by atoms with E-state index in [-0.39, 0.29) is 22.1 Å². The summed E-state index contributed by atoms with van der Waals surface area (Å²) in [6.07, 6.45) is 0. The monoisotopic (exact) mass is 362 g/mol. The molecule has 4 N–H and O–H groups in total. The van der Waals surface area contributed by atoms with Gasteiger partial charge in [0.1, 0.15) is 5.82 Å². The van der Waals surface area contributed by atoms with Crippen LogP contribution >= 0.6 is 11.8 Å².